The molecule has 124 valence electrons. The first-order chi connectivity index (χ1) is 10.8. The highest BCUT2D eigenvalue weighted by Crippen LogP contribution is 2.28. The SMILES string of the molecule is Cc1nc2[nH]c(C(=O)NC3CC[Si](C)(C)CC3)cc2c(F)c1F. The Morgan fingerprint density at radius 2 is 1.96 bits per heavy atom. The molecule has 0 atom stereocenters. The molecule has 1 saturated heterocycles. The third-order valence-electron chi connectivity index (χ3n) is 4.74. The highest BCUT2D eigenvalue weighted by atomic mass is 28.3. The number of aryl methyl sites for hydroxylation is 1. The molecule has 4 nitrogen and oxygen atoms in total. The van der Waals surface area contributed by atoms with Gasteiger partial charge in [0.1, 0.15) is 11.3 Å². The molecule has 0 saturated carbocycles. The molecule has 0 bridgehead atoms. The van der Waals surface area contributed by atoms with E-state index < -0.39 is 19.7 Å². The molecule has 7 heteroatoms. The van der Waals surface area contributed by atoms with E-state index in [4.69, 9.17) is 0 Å². The summed E-state index contributed by atoms with van der Waals surface area (Å²) in [5.74, 6) is -2.22. The zero-order valence-electron chi connectivity index (χ0n) is 13.6. The third kappa shape index (κ3) is 3.15. The molecule has 2 N–H and O–H groups in total. The van der Waals surface area contributed by atoms with Gasteiger partial charge in [0.15, 0.2) is 11.6 Å². The Labute approximate surface area is 134 Å². The molecule has 0 radical (unpaired) electrons. The zero-order chi connectivity index (χ0) is 16.8. The maximum atomic E-state index is 13.9. The summed E-state index contributed by atoms with van der Waals surface area (Å²) in [4.78, 5) is 19.1. The van der Waals surface area contributed by atoms with Crippen LogP contribution in [0.5, 0.6) is 0 Å². The molecule has 2 aromatic rings. The van der Waals surface area contributed by atoms with Crippen molar-refractivity contribution >= 4 is 25.0 Å². The van der Waals surface area contributed by atoms with Crippen molar-refractivity contribution in [3.8, 4) is 0 Å². The van der Waals surface area contributed by atoms with E-state index in [9.17, 15) is 13.6 Å². The first-order valence-electron chi connectivity index (χ1n) is 7.92. The predicted octanol–water partition coefficient (Wildman–Crippen LogP) is 3.75. The van der Waals surface area contributed by atoms with Gasteiger partial charge in [-0.25, -0.2) is 13.8 Å². The van der Waals surface area contributed by atoms with E-state index in [1.807, 2.05) is 0 Å². The number of hydrogen-bond acceptors (Lipinski definition) is 2. The van der Waals surface area contributed by atoms with Crippen LogP contribution in [-0.2, 0) is 0 Å². The van der Waals surface area contributed by atoms with Crippen molar-refractivity contribution in [2.45, 2.75) is 51.0 Å². The van der Waals surface area contributed by atoms with Crippen molar-refractivity contribution in [2.75, 3.05) is 0 Å². The minimum Gasteiger partial charge on any atom is -0.348 e. The van der Waals surface area contributed by atoms with Gasteiger partial charge in [0.05, 0.1) is 11.1 Å². The smallest absolute Gasteiger partial charge is 0.267 e. The van der Waals surface area contributed by atoms with Crippen LogP contribution in [0.15, 0.2) is 6.07 Å². The second-order valence-corrected chi connectivity index (χ2v) is 12.5. The van der Waals surface area contributed by atoms with Crippen molar-refractivity contribution in [3.05, 3.63) is 29.1 Å². The Morgan fingerprint density at radius 3 is 2.61 bits per heavy atom. The molecule has 0 spiro atoms. The topological polar surface area (TPSA) is 57.8 Å². The Kier molecular flexibility index (Phi) is 3.99. The molecular weight excluding hydrogens is 316 g/mol. The Hall–Kier alpha value is -1.76. The van der Waals surface area contributed by atoms with Gasteiger partial charge in [0, 0.05) is 14.1 Å². The highest BCUT2D eigenvalue weighted by molar-refractivity contribution is 6.77. The Morgan fingerprint density at radius 1 is 1.30 bits per heavy atom. The number of carbonyl (C=O) groups excluding carboxylic acids is 1. The lowest BCUT2D eigenvalue weighted by Gasteiger charge is -2.33. The minimum atomic E-state index is -1.07. The average molecular weight is 337 g/mol. The van der Waals surface area contributed by atoms with Crippen LogP contribution >= 0.6 is 0 Å². The third-order valence-corrected chi connectivity index (χ3v) is 8.03. The summed E-state index contributed by atoms with van der Waals surface area (Å²) in [6.07, 6.45) is 1.98. The number of halogens is 2. The molecule has 1 aliphatic rings. The number of carbonyl (C=O) groups is 1. The van der Waals surface area contributed by atoms with Gasteiger partial charge < -0.3 is 10.3 Å². The summed E-state index contributed by atoms with van der Waals surface area (Å²) < 4.78 is 27.5. The molecule has 2 aromatic heterocycles. The molecule has 1 amide bonds. The molecular formula is C16H21F2N3OSi. The molecule has 1 fully saturated rings. The number of fused-ring (bicyclic) bond motifs is 1. The standard InChI is InChI=1S/C16H21F2N3OSi/c1-9-13(17)14(18)11-8-12(21-15(11)19-9)16(22)20-10-4-6-23(2,3)7-5-10/h8,10H,4-7H2,1-3H3,(H,19,21)(H,20,22). The number of amides is 1. The lowest BCUT2D eigenvalue weighted by molar-refractivity contribution is 0.0929. The van der Waals surface area contributed by atoms with Crippen LogP contribution in [0.25, 0.3) is 11.0 Å². The van der Waals surface area contributed by atoms with Crippen molar-refractivity contribution < 1.29 is 13.6 Å². The van der Waals surface area contributed by atoms with Crippen LogP contribution in [0.2, 0.25) is 25.2 Å². The fourth-order valence-electron chi connectivity index (χ4n) is 3.12. The maximum absolute atomic E-state index is 13.9. The van der Waals surface area contributed by atoms with E-state index in [0.717, 1.165) is 12.8 Å². The average Bonchev–Trinajstić information content (AvgIpc) is 2.91. The summed E-state index contributed by atoms with van der Waals surface area (Å²) in [5, 5.41) is 3.00. The Bertz CT molecular complexity index is 762. The van der Waals surface area contributed by atoms with Crippen molar-refractivity contribution in [3.63, 3.8) is 0 Å². The predicted molar refractivity (Wildman–Crippen MR) is 88.3 cm³/mol. The van der Waals surface area contributed by atoms with E-state index in [-0.39, 0.29) is 34.4 Å². The summed E-state index contributed by atoms with van der Waals surface area (Å²) in [5.41, 5.74) is 0.394. The second kappa shape index (κ2) is 5.70. The van der Waals surface area contributed by atoms with Crippen LogP contribution in [0.3, 0.4) is 0 Å². The number of aromatic amines is 1. The van der Waals surface area contributed by atoms with Crippen LogP contribution < -0.4 is 5.32 Å². The van der Waals surface area contributed by atoms with Crippen molar-refractivity contribution in [1.82, 2.24) is 15.3 Å². The molecule has 0 aromatic carbocycles. The molecule has 23 heavy (non-hydrogen) atoms. The van der Waals surface area contributed by atoms with Gasteiger partial charge in [0.2, 0.25) is 0 Å². The minimum absolute atomic E-state index is 0.00966. The van der Waals surface area contributed by atoms with Crippen molar-refractivity contribution in [1.29, 1.82) is 0 Å². The second-order valence-electron chi connectivity index (χ2n) is 7.18. The zero-order valence-corrected chi connectivity index (χ0v) is 14.6. The fourth-order valence-corrected chi connectivity index (χ4v) is 5.63. The van der Waals surface area contributed by atoms with E-state index in [0.29, 0.717) is 0 Å². The van der Waals surface area contributed by atoms with Gasteiger partial charge in [-0.3, -0.25) is 4.79 Å². The Balaban J connectivity index is 1.78. The first kappa shape index (κ1) is 16.1. The van der Waals surface area contributed by atoms with E-state index >= 15 is 0 Å². The van der Waals surface area contributed by atoms with Crippen LogP contribution in [0, 0.1) is 18.6 Å². The highest BCUT2D eigenvalue weighted by Gasteiger charge is 2.29. The van der Waals surface area contributed by atoms with Gasteiger partial charge in [0.25, 0.3) is 5.91 Å². The fraction of sp³-hybridized carbons (Fsp3) is 0.500. The lowest BCUT2D eigenvalue weighted by Crippen LogP contribution is -2.42. The number of H-pyrrole nitrogens is 1. The number of rotatable bonds is 2. The number of nitrogens with one attached hydrogen (secondary N) is 2. The largest absolute Gasteiger partial charge is 0.348 e. The van der Waals surface area contributed by atoms with Gasteiger partial charge in [-0.05, 0) is 25.8 Å². The van der Waals surface area contributed by atoms with Gasteiger partial charge in [-0.1, -0.05) is 25.2 Å². The van der Waals surface area contributed by atoms with E-state index in [1.165, 1.54) is 25.1 Å². The van der Waals surface area contributed by atoms with Gasteiger partial charge in [-0.15, -0.1) is 0 Å². The summed E-state index contributed by atoms with van der Waals surface area (Å²) in [6, 6.07) is 3.89. The molecule has 3 heterocycles. The van der Waals surface area contributed by atoms with E-state index in [2.05, 4.69) is 28.4 Å². The first-order valence-corrected chi connectivity index (χ1v) is 11.3. The maximum Gasteiger partial charge on any atom is 0.267 e. The number of pyridine rings is 1. The summed E-state index contributed by atoms with van der Waals surface area (Å²) in [7, 11) is -1.07. The van der Waals surface area contributed by atoms with Crippen LogP contribution in [0.4, 0.5) is 8.78 Å². The summed E-state index contributed by atoms with van der Waals surface area (Å²) >= 11 is 0. The number of hydrogen-bond donors (Lipinski definition) is 2. The number of aromatic nitrogens is 2. The van der Waals surface area contributed by atoms with Crippen LogP contribution in [-0.4, -0.2) is 30.0 Å². The molecule has 3 rings (SSSR count). The van der Waals surface area contributed by atoms with Gasteiger partial charge >= 0.3 is 0 Å². The summed E-state index contributed by atoms with van der Waals surface area (Å²) in [6.45, 7) is 6.13. The quantitative estimate of drug-likeness (QED) is 0.820. The lowest BCUT2D eigenvalue weighted by atomic mass is 10.1. The number of nitrogens with zero attached hydrogens (tertiary/aromatic N) is 1. The molecule has 0 unspecified atom stereocenters. The monoisotopic (exact) mass is 337 g/mol. The van der Waals surface area contributed by atoms with Crippen molar-refractivity contribution in [2.24, 2.45) is 0 Å². The van der Waals surface area contributed by atoms with Gasteiger partial charge in [-0.2, -0.15) is 0 Å². The molecule has 0 aliphatic carbocycles. The van der Waals surface area contributed by atoms with E-state index in [1.54, 1.807) is 0 Å². The van der Waals surface area contributed by atoms with Crippen LogP contribution in [0.1, 0.15) is 29.0 Å². The normalized spacial score (nSPS) is 18.3. The molecule has 1 aliphatic heterocycles.